The van der Waals surface area contributed by atoms with E-state index in [1.807, 2.05) is 0 Å². The molecule has 0 aliphatic carbocycles. The Bertz CT molecular complexity index is 885. The molecule has 1 N–H and O–H groups in total. The molecule has 0 saturated carbocycles. The topological polar surface area (TPSA) is 84.9 Å². The highest BCUT2D eigenvalue weighted by Gasteiger charge is 2.28. The molecule has 0 heterocycles. The number of carbonyl (C=O) groups is 1. The molecule has 9 heteroatoms. The van der Waals surface area contributed by atoms with Crippen LogP contribution in [0.5, 0.6) is 11.5 Å². The van der Waals surface area contributed by atoms with Crippen molar-refractivity contribution in [1.82, 2.24) is 5.32 Å². The molecule has 140 valence electrons. The zero-order valence-electron chi connectivity index (χ0n) is 14.5. The van der Waals surface area contributed by atoms with Gasteiger partial charge in [0.05, 0.1) is 24.8 Å². The summed E-state index contributed by atoms with van der Waals surface area (Å²) in [5.41, 5.74) is 0.313. The average Bonchev–Trinajstić information content (AvgIpc) is 2.65. The molecule has 2 rings (SSSR count). The first-order valence-electron chi connectivity index (χ1n) is 7.54. The van der Waals surface area contributed by atoms with Crippen LogP contribution in [0, 0.1) is 0 Å². The van der Waals surface area contributed by atoms with Gasteiger partial charge in [0.25, 0.3) is 10.0 Å². The fourth-order valence-electron chi connectivity index (χ4n) is 2.24. The molecule has 0 radical (unpaired) electrons. The Morgan fingerprint density at radius 3 is 2.23 bits per heavy atom. The summed E-state index contributed by atoms with van der Waals surface area (Å²) < 4.78 is 37.6. The Morgan fingerprint density at radius 1 is 1.08 bits per heavy atom. The molecule has 0 aromatic heterocycles. The molecule has 0 fully saturated rings. The third kappa shape index (κ3) is 4.20. The number of nitrogens with zero attached hydrogens (tertiary/aromatic N) is 1. The predicted octanol–water partition coefficient (Wildman–Crippen LogP) is 2.30. The smallest absolute Gasteiger partial charge is 0.264 e. The standard InChI is InChI=1S/C17H19ClN2O5S/c1-19-17(21)11-20(13-6-4-12(18)5-7-13)26(22,23)14-8-9-15(24-2)16(10-14)25-3/h4-10H,11H2,1-3H3,(H,19,21). The number of likely N-dealkylation sites (N-methyl/N-ethyl adjacent to an activating group) is 1. The van der Waals surface area contributed by atoms with E-state index >= 15 is 0 Å². The monoisotopic (exact) mass is 398 g/mol. The highest BCUT2D eigenvalue weighted by Crippen LogP contribution is 2.32. The van der Waals surface area contributed by atoms with Crippen LogP contribution in [0.25, 0.3) is 0 Å². The zero-order valence-corrected chi connectivity index (χ0v) is 16.1. The van der Waals surface area contributed by atoms with Crippen molar-refractivity contribution in [3.8, 4) is 11.5 Å². The summed E-state index contributed by atoms with van der Waals surface area (Å²) in [6.45, 7) is -0.380. The minimum atomic E-state index is -4.04. The van der Waals surface area contributed by atoms with Crippen molar-refractivity contribution in [2.24, 2.45) is 0 Å². The van der Waals surface area contributed by atoms with Crippen LogP contribution in [0.15, 0.2) is 47.4 Å². The number of rotatable bonds is 7. The number of hydrogen-bond donors (Lipinski definition) is 1. The van der Waals surface area contributed by atoms with Gasteiger partial charge in [0, 0.05) is 18.1 Å². The molecule has 2 aromatic rings. The number of carbonyl (C=O) groups excluding carboxylic acids is 1. The number of ether oxygens (including phenoxy) is 2. The normalized spacial score (nSPS) is 10.9. The second kappa shape index (κ2) is 8.29. The molecule has 0 bridgehead atoms. The van der Waals surface area contributed by atoms with Crippen molar-refractivity contribution in [2.75, 3.05) is 32.1 Å². The zero-order chi connectivity index (χ0) is 19.3. The van der Waals surface area contributed by atoms with Crippen LogP contribution in [0.1, 0.15) is 0 Å². The summed E-state index contributed by atoms with van der Waals surface area (Å²) in [6.07, 6.45) is 0. The molecule has 0 unspecified atom stereocenters. The van der Waals surface area contributed by atoms with Gasteiger partial charge in [0.1, 0.15) is 6.54 Å². The lowest BCUT2D eigenvalue weighted by Crippen LogP contribution is -2.39. The molecule has 1 amide bonds. The Hall–Kier alpha value is -2.45. The highest BCUT2D eigenvalue weighted by molar-refractivity contribution is 7.92. The van der Waals surface area contributed by atoms with Crippen LogP contribution in [0.3, 0.4) is 0 Å². The molecular formula is C17H19ClN2O5S. The number of amides is 1. The van der Waals surface area contributed by atoms with Crippen molar-refractivity contribution >= 4 is 33.2 Å². The Kier molecular flexibility index (Phi) is 6.33. The predicted molar refractivity (Wildman–Crippen MR) is 99.6 cm³/mol. The Morgan fingerprint density at radius 2 is 1.69 bits per heavy atom. The highest BCUT2D eigenvalue weighted by atomic mass is 35.5. The number of hydrogen-bond acceptors (Lipinski definition) is 5. The first-order chi connectivity index (χ1) is 12.3. The number of anilines is 1. The van der Waals surface area contributed by atoms with Crippen molar-refractivity contribution in [2.45, 2.75) is 4.90 Å². The summed E-state index contributed by atoms with van der Waals surface area (Å²) >= 11 is 5.88. The number of benzene rings is 2. The lowest BCUT2D eigenvalue weighted by Gasteiger charge is -2.24. The molecule has 0 atom stereocenters. The Labute approximate surface area is 157 Å². The van der Waals surface area contributed by atoms with Crippen molar-refractivity contribution < 1.29 is 22.7 Å². The van der Waals surface area contributed by atoms with Gasteiger partial charge in [0.15, 0.2) is 11.5 Å². The van der Waals surface area contributed by atoms with E-state index in [0.29, 0.717) is 16.5 Å². The van der Waals surface area contributed by atoms with E-state index in [1.165, 1.54) is 51.6 Å². The van der Waals surface area contributed by atoms with Crippen LogP contribution in [-0.2, 0) is 14.8 Å². The number of nitrogens with one attached hydrogen (secondary N) is 1. The summed E-state index contributed by atoms with van der Waals surface area (Å²) in [6, 6.07) is 10.4. The largest absolute Gasteiger partial charge is 0.493 e. The number of halogens is 1. The van der Waals surface area contributed by atoms with Crippen LogP contribution < -0.4 is 19.1 Å². The quantitative estimate of drug-likeness (QED) is 0.773. The van der Waals surface area contributed by atoms with E-state index in [2.05, 4.69) is 5.32 Å². The van der Waals surface area contributed by atoms with Crippen molar-refractivity contribution in [3.05, 3.63) is 47.5 Å². The molecular weight excluding hydrogens is 380 g/mol. The molecule has 0 aliphatic heterocycles. The summed E-state index contributed by atoms with van der Waals surface area (Å²) in [4.78, 5) is 11.8. The van der Waals surface area contributed by atoms with E-state index in [4.69, 9.17) is 21.1 Å². The van der Waals surface area contributed by atoms with Gasteiger partial charge in [-0.1, -0.05) is 11.6 Å². The van der Waals surface area contributed by atoms with E-state index in [-0.39, 0.29) is 17.2 Å². The first-order valence-corrected chi connectivity index (χ1v) is 9.36. The fraction of sp³-hybridized carbons (Fsp3) is 0.235. The molecule has 0 spiro atoms. The molecule has 0 saturated heterocycles. The summed E-state index contributed by atoms with van der Waals surface area (Å²) in [5, 5.41) is 2.88. The second-order valence-electron chi connectivity index (χ2n) is 5.18. The van der Waals surface area contributed by atoms with E-state index in [9.17, 15) is 13.2 Å². The fourth-order valence-corrected chi connectivity index (χ4v) is 3.80. The Balaban J connectivity index is 2.54. The molecule has 2 aromatic carbocycles. The maximum absolute atomic E-state index is 13.2. The van der Waals surface area contributed by atoms with Crippen LogP contribution >= 0.6 is 11.6 Å². The van der Waals surface area contributed by atoms with Gasteiger partial charge >= 0.3 is 0 Å². The van der Waals surface area contributed by atoms with Gasteiger partial charge in [-0.3, -0.25) is 9.10 Å². The minimum absolute atomic E-state index is 0.0333. The number of sulfonamides is 1. The molecule has 7 nitrogen and oxygen atoms in total. The van der Waals surface area contributed by atoms with Crippen LogP contribution in [0.2, 0.25) is 5.02 Å². The SMILES string of the molecule is CNC(=O)CN(c1ccc(Cl)cc1)S(=O)(=O)c1ccc(OC)c(OC)c1. The van der Waals surface area contributed by atoms with Crippen molar-refractivity contribution in [3.63, 3.8) is 0 Å². The molecule has 0 aliphatic rings. The van der Waals surface area contributed by atoms with E-state index in [0.717, 1.165) is 4.31 Å². The summed E-state index contributed by atoms with van der Waals surface area (Å²) in [5.74, 6) is 0.212. The average molecular weight is 399 g/mol. The summed E-state index contributed by atoms with van der Waals surface area (Å²) in [7, 11) is 0.268. The van der Waals surface area contributed by atoms with E-state index in [1.54, 1.807) is 12.1 Å². The van der Waals surface area contributed by atoms with Gasteiger partial charge in [-0.2, -0.15) is 0 Å². The van der Waals surface area contributed by atoms with Gasteiger partial charge in [0.2, 0.25) is 5.91 Å². The lowest BCUT2D eigenvalue weighted by molar-refractivity contribution is -0.119. The maximum Gasteiger partial charge on any atom is 0.264 e. The number of methoxy groups -OCH3 is 2. The third-order valence-electron chi connectivity index (χ3n) is 3.62. The molecule has 26 heavy (non-hydrogen) atoms. The lowest BCUT2D eigenvalue weighted by atomic mass is 10.3. The van der Waals surface area contributed by atoms with Gasteiger partial charge in [-0.25, -0.2) is 8.42 Å². The maximum atomic E-state index is 13.2. The van der Waals surface area contributed by atoms with Gasteiger partial charge in [-0.05, 0) is 36.4 Å². The minimum Gasteiger partial charge on any atom is -0.493 e. The second-order valence-corrected chi connectivity index (χ2v) is 7.48. The van der Waals surface area contributed by atoms with Crippen molar-refractivity contribution in [1.29, 1.82) is 0 Å². The first kappa shape index (κ1) is 19.9. The third-order valence-corrected chi connectivity index (χ3v) is 5.65. The van der Waals surface area contributed by atoms with Crippen LogP contribution in [-0.4, -0.2) is 42.1 Å². The van der Waals surface area contributed by atoms with Crippen LogP contribution in [0.4, 0.5) is 5.69 Å². The van der Waals surface area contributed by atoms with Gasteiger partial charge in [-0.15, -0.1) is 0 Å². The van der Waals surface area contributed by atoms with E-state index < -0.39 is 15.9 Å². The van der Waals surface area contributed by atoms with Gasteiger partial charge < -0.3 is 14.8 Å².